The van der Waals surface area contributed by atoms with Gasteiger partial charge in [0, 0.05) is 29.8 Å². The Kier molecular flexibility index (Phi) is 5.82. The van der Waals surface area contributed by atoms with Crippen molar-refractivity contribution in [3.8, 4) is 0 Å². The van der Waals surface area contributed by atoms with Gasteiger partial charge in [-0.3, -0.25) is 4.79 Å². The van der Waals surface area contributed by atoms with E-state index in [1.165, 1.54) is 0 Å². The maximum Gasteiger partial charge on any atom is 0.185 e. The maximum atomic E-state index is 12.2. The zero-order valence-corrected chi connectivity index (χ0v) is 14.2. The van der Waals surface area contributed by atoms with E-state index in [1.54, 1.807) is 11.3 Å². The Labute approximate surface area is 134 Å². The van der Waals surface area contributed by atoms with Gasteiger partial charge in [-0.1, -0.05) is 30.3 Å². The molecule has 5 heteroatoms. The molecular weight excluding hydrogens is 300 g/mol. The molecule has 1 heterocycles. The molecule has 0 aliphatic heterocycles. The highest BCUT2D eigenvalue weighted by molar-refractivity contribution is 7.98. The normalized spacial score (nSPS) is 12.1. The molecule has 21 heavy (non-hydrogen) atoms. The molecule has 2 aromatic rings. The molecule has 0 spiro atoms. The van der Waals surface area contributed by atoms with Crippen LogP contribution in [0.4, 0.5) is 5.13 Å². The van der Waals surface area contributed by atoms with Crippen LogP contribution in [0.15, 0.2) is 35.7 Å². The quantitative estimate of drug-likeness (QED) is 0.727. The van der Waals surface area contributed by atoms with Gasteiger partial charge in [0.05, 0.1) is 12.1 Å². The van der Waals surface area contributed by atoms with Crippen molar-refractivity contribution in [3.05, 3.63) is 47.0 Å². The summed E-state index contributed by atoms with van der Waals surface area (Å²) in [5.74, 6) is 1.18. The molecule has 1 aromatic heterocycles. The summed E-state index contributed by atoms with van der Waals surface area (Å²) in [5.41, 5.74) is 1.60. The van der Waals surface area contributed by atoms with E-state index in [0.29, 0.717) is 12.5 Å². The number of ketones is 1. The first-order chi connectivity index (χ1) is 10.1. The minimum Gasteiger partial charge on any atom is -0.348 e. The van der Waals surface area contributed by atoms with Crippen molar-refractivity contribution in [2.75, 3.05) is 24.0 Å². The number of thioether (sulfide) groups is 1. The van der Waals surface area contributed by atoms with Gasteiger partial charge >= 0.3 is 0 Å². The summed E-state index contributed by atoms with van der Waals surface area (Å²) in [6.45, 7) is 2.19. The fourth-order valence-corrected chi connectivity index (χ4v) is 3.57. The Morgan fingerprint density at radius 1 is 1.38 bits per heavy atom. The molecule has 0 amide bonds. The third-order valence-electron chi connectivity index (χ3n) is 3.35. The molecule has 1 atom stereocenters. The number of thiazole rings is 1. The molecule has 0 radical (unpaired) electrons. The van der Waals surface area contributed by atoms with E-state index in [9.17, 15) is 4.79 Å². The lowest BCUT2D eigenvalue weighted by Crippen LogP contribution is -2.30. The lowest BCUT2D eigenvalue weighted by Gasteiger charge is -2.23. The number of Topliss-reactive ketones (excluding diaryl/α,β-unsaturated/α-hetero) is 1. The van der Waals surface area contributed by atoms with Crippen LogP contribution >= 0.6 is 23.1 Å². The van der Waals surface area contributed by atoms with E-state index >= 15 is 0 Å². The van der Waals surface area contributed by atoms with Crippen molar-refractivity contribution in [1.82, 2.24) is 4.98 Å². The van der Waals surface area contributed by atoms with Gasteiger partial charge in [-0.2, -0.15) is 11.8 Å². The lowest BCUT2D eigenvalue weighted by molar-refractivity contribution is 0.0992. The molecule has 0 saturated heterocycles. The average molecular weight is 320 g/mol. The first kappa shape index (κ1) is 16.0. The molecule has 0 fully saturated rings. The number of hydrogen-bond donors (Lipinski definition) is 0. The van der Waals surface area contributed by atoms with Crippen molar-refractivity contribution < 1.29 is 4.79 Å². The number of hydrogen-bond acceptors (Lipinski definition) is 5. The second kappa shape index (κ2) is 7.61. The standard InChI is InChI=1S/C16H20N2OS2/c1-12(10-20-3)18(2)16-17-14(11-21-16)9-15(19)13-7-5-4-6-8-13/h4-8,11-12H,9-10H2,1-3H3. The second-order valence-corrected chi connectivity index (χ2v) is 6.75. The summed E-state index contributed by atoms with van der Waals surface area (Å²) in [7, 11) is 2.06. The van der Waals surface area contributed by atoms with Gasteiger partial charge in [-0.05, 0) is 13.2 Å². The van der Waals surface area contributed by atoms with Gasteiger partial charge in [-0.15, -0.1) is 11.3 Å². The predicted octanol–water partition coefficient (Wildman–Crippen LogP) is 3.76. The number of aromatic nitrogens is 1. The summed E-state index contributed by atoms with van der Waals surface area (Å²) >= 11 is 3.43. The third-order valence-corrected chi connectivity index (χ3v) is 5.14. The van der Waals surface area contributed by atoms with E-state index in [-0.39, 0.29) is 5.78 Å². The average Bonchev–Trinajstić information content (AvgIpc) is 2.96. The highest BCUT2D eigenvalue weighted by Crippen LogP contribution is 2.23. The molecule has 0 saturated carbocycles. The van der Waals surface area contributed by atoms with E-state index in [4.69, 9.17) is 0 Å². The van der Waals surface area contributed by atoms with Crippen molar-refractivity contribution in [3.63, 3.8) is 0 Å². The number of benzene rings is 1. The van der Waals surface area contributed by atoms with Crippen LogP contribution in [0, 0.1) is 0 Å². The van der Waals surface area contributed by atoms with Crippen LogP contribution in [0.5, 0.6) is 0 Å². The third kappa shape index (κ3) is 4.32. The fraction of sp³-hybridized carbons (Fsp3) is 0.375. The second-order valence-electron chi connectivity index (χ2n) is 5.00. The van der Waals surface area contributed by atoms with Crippen LogP contribution in [0.2, 0.25) is 0 Å². The highest BCUT2D eigenvalue weighted by atomic mass is 32.2. The SMILES string of the molecule is CSCC(C)N(C)c1nc(CC(=O)c2ccccc2)cs1. The van der Waals surface area contributed by atoms with Gasteiger partial charge in [0.25, 0.3) is 0 Å². The van der Waals surface area contributed by atoms with Gasteiger partial charge in [0.15, 0.2) is 10.9 Å². The molecule has 2 rings (SSSR count). The number of anilines is 1. The van der Waals surface area contributed by atoms with E-state index in [0.717, 1.165) is 22.1 Å². The molecule has 1 aromatic carbocycles. The molecule has 0 aliphatic rings. The highest BCUT2D eigenvalue weighted by Gasteiger charge is 2.15. The fourth-order valence-electron chi connectivity index (χ4n) is 1.97. The van der Waals surface area contributed by atoms with Gasteiger partial charge < -0.3 is 4.90 Å². The van der Waals surface area contributed by atoms with Crippen LogP contribution in [0.3, 0.4) is 0 Å². The van der Waals surface area contributed by atoms with Crippen molar-refractivity contribution in [2.24, 2.45) is 0 Å². The number of rotatable bonds is 7. The Hall–Kier alpha value is -1.33. The molecule has 0 aliphatic carbocycles. The lowest BCUT2D eigenvalue weighted by atomic mass is 10.1. The van der Waals surface area contributed by atoms with Gasteiger partial charge in [0.2, 0.25) is 0 Å². The molecule has 3 nitrogen and oxygen atoms in total. The Morgan fingerprint density at radius 2 is 2.10 bits per heavy atom. The van der Waals surface area contributed by atoms with Crippen LogP contribution < -0.4 is 4.90 Å². The summed E-state index contributed by atoms with van der Waals surface area (Å²) in [4.78, 5) is 18.9. The van der Waals surface area contributed by atoms with Crippen LogP contribution in [0.25, 0.3) is 0 Å². The molecule has 0 bridgehead atoms. The monoisotopic (exact) mass is 320 g/mol. The number of carbonyl (C=O) groups is 1. The van der Waals surface area contributed by atoms with Gasteiger partial charge in [-0.25, -0.2) is 4.98 Å². The molecule has 0 N–H and O–H groups in total. The smallest absolute Gasteiger partial charge is 0.185 e. The zero-order chi connectivity index (χ0) is 15.2. The maximum absolute atomic E-state index is 12.2. The summed E-state index contributed by atoms with van der Waals surface area (Å²) in [6, 6.07) is 9.82. The zero-order valence-electron chi connectivity index (χ0n) is 12.6. The van der Waals surface area contributed by atoms with Gasteiger partial charge in [0.1, 0.15) is 0 Å². The van der Waals surface area contributed by atoms with E-state index in [1.807, 2.05) is 47.5 Å². The largest absolute Gasteiger partial charge is 0.348 e. The van der Waals surface area contributed by atoms with Crippen LogP contribution in [-0.4, -0.2) is 35.9 Å². The summed E-state index contributed by atoms with van der Waals surface area (Å²) < 4.78 is 0. The minimum absolute atomic E-state index is 0.118. The first-order valence-corrected chi connectivity index (χ1v) is 9.13. The number of carbonyl (C=O) groups excluding carboxylic acids is 1. The van der Waals surface area contributed by atoms with Crippen molar-refractivity contribution >= 4 is 34.0 Å². The Balaban J connectivity index is 2.02. The van der Waals surface area contributed by atoms with Crippen LogP contribution in [0.1, 0.15) is 23.0 Å². The Bertz CT molecular complexity index is 583. The van der Waals surface area contributed by atoms with Crippen molar-refractivity contribution in [1.29, 1.82) is 0 Å². The Morgan fingerprint density at radius 3 is 2.76 bits per heavy atom. The summed E-state index contributed by atoms with van der Waals surface area (Å²) in [5, 5.41) is 2.96. The molecular formula is C16H20N2OS2. The topological polar surface area (TPSA) is 33.2 Å². The number of nitrogens with zero attached hydrogens (tertiary/aromatic N) is 2. The first-order valence-electron chi connectivity index (χ1n) is 6.86. The van der Waals surface area contributed by atoms with Crippen molar-refractivity contribution in [2.45, 2.75) is 19.4 Å². The minimum atomic E-state index is 0.118. The molecule has 1 unspecified atom stereocenters. The van der Waals surface area contributed by atoms with Crippen LogP contribution in [-0.2, 0) is 6.42 Å². The van der Waals surface area contributed by atoms with E-state index < -0.39 is 0 Å². The van der Waals surface area contributed by atoms with E-state index in [2.05, 4.69) is 30.1 Å². The predicted molar refractivity (Wildman–Crippen MR) is 92.8 cm³/mol. The molecule has 112 valence electrons. The summed E-state index contributed by atoms with van der Waals surface area (Å²) in [6.07, 6.45) is 2.47.